The maximum atomic E-state index is 12.7. The van der Waals surface area contributed by atoms with Crippen molar-refractivity contribution in [3.63, 3.8) is 0 Å². The summed E-state index contributed by atoms with van der Waals surface area (Å²) in [6, 6.07) is 7.04. The maximum Gasteiger partial charge on any atom is 0.241 e. The van der Waals surface area contributed by atoms with Gasteiger partial charge in [-0.05, 0) is 36.8 Å². The van der Waals surface area contributed by atoms with Gasteiger partial charge in [-0.2, -0.15) is 0 Å². The molecule has 1 atom stereocenters. The van der Waals surface area contributed by atoms with E-state index in [4.69, 9.17) is 5.73 Å². The molecule has 4 nitrogen and oxygen atoms in total. The number of aryl methyl sites for hydroxylation is 1. The lowest BCUT2D eigenvalue weighted by Gasteiger charge is -2.30. The highest BCUT2D eigenvalue weighted by Crippen LogP contribution is 2.27. The molecule has 0 bridgehead atoms. The van der Waals surface area contributed by atoms with Gasteiger partial charge in [0.05, 0.1) is 4.90 Å². The van der Waals surface area contributed by atoms with E-state index in [0.717, 1.165) is 18.4 Å². The van der Waals surface area contributed by atoms with Gasteiger partial charge in [0, 0.05) is 12.6 Å². The number of hydrogen-bond acceptors (Lipinski definition) is 3. The van der Waals surface area contributed by atoms with Crippen LogP contribution in [0.1, 0.15) is 44.6 Å². The first-order valence-electron chi connectivity index (χ1n) is 7.88. The molecule has 0 radical (unpaired) electrons. The fourth-order valence-corrected chi connectivity index (χ4v) is 4.82. The van der Waals surface area contributed by atoms with Crippen LogP contribution in [0, 0.1) is 5.92 Å². The quantitative estimate of drug-likeness (QED) is 0.831. The molecule has 1 aromatic carbocycles. The fraction of sp³-hybridized carbons (Fsp3) is 0.625. The molecule has 3 N–H and O–H groups in total. The third kappa shape index (κ3) is 4.69. The summed E-state index contributed by atoms with van der Waals surface area (Å²) in [5.74, 6) is 0.368. The van der Waals surface area contributed by atoms with E-state index in [2.05, 4.69) is 4.72 Å². The highest BCUT2D eigenvalue weighted by Gasteiger charge is 2.28. The highest BCUT2D eigenvalue weighted by molar-refractivity contribution is 7.89. The van der Waals surface area contributed by atoms with E-state index in [9.17, 15) is 8.42 Å². The predicted molar refractivity (Wildman–Crippen MR) is 92.8 cm³/mol. The summed E-state index contributed by atoms with van der Waals surface area (Å²) in [6.07, 6.45) is 6.44. The second-order valence-electron chi connectivity index (χ2n) is 5.82. The Kier molecular flexibility index (Phi) is 7.83. The molecule has 1 saturated carbocycles. The van der Waals surface area contributed by atoms with Gasteiger partial charge in [0.15, 0.2) is 0 Å². The van der Waals surface area contributed by atoms with Crippen molar-refractivity contribution < 1.29 is 8.42 Å². The molecule has 0 aromatic heterocycles. The van der Waals surface area contributed by atoms with Gasteiger partial charge < -0.3 is 5.73 Å². The van der Waals surface area contributed by atoms with Gasteiger partial charge in [0.2, 0.25) is 10.0 Å². The van der Waals surface area contributed by atoms with E-state index in [0.29, 0.717) is 23.8 Å². The monoisotopic (exact) mass is 346 g/mol. The summed E-state index contributed by atoms with van der Waals surface area (Å²) in [5.41, 5.74) is 6.68. The van der Waals surface area contributed by atoms with Crippen LogP contribution in [0.4, 0.5) is 0 Å². The molecular weight excluding hydrogens is 320 g/mol. The van der Waals surface area contributed by atoms with Gasteiger partial charge in [0.1, 0.15) is 0 Å². The Labute approximate surface area is 140 Å². The minimum absolute atomic E-state index is 0. The summed E-state index contributed by atoms with van der Waals surface area (Å²) in [6.45, 7) is 2.33. The molecule has 0 spiro atoms. The van der Waals surface area contributed by atoms with E-state index < -0.39 is 10.0 Å². The smallest absolute Gasteiger partial charge is 0.241 e. The Hall–Kier alpha value is -0.620. The molecular formula is C16H27ClN2O2S. The van der Waals surface area contributed by atoms with Gasteiger partial charge in [-0.1, -0.05) is 44.4 Å². The molecule has 2 rings (SSSR count). The first kappa shape index (κ1) is 19.4. The van der Waals surface area contributed by atoms with Gasteiger partial charge in [-0.15, -0.1) is 12.4 Å². The third-order valence-electron chi connectivity index (χ3n) is 4.42. The number of hydrogen-bond donors (Lipinski definition) is 2. The Morgan fingerprint density at radius 1 is 1.23 bits per heavy atom. The molecule has 6 heteroatoms. The molecule has 1 aromatic rings. The first-order valence-corrected chi connectivity index (χ1v) is 9.37. The average molecular weight is 347 g/mol. The lowest BCUT2D eigenvalue weighted by atomic mass is 9.84. The number of benzene rings is 1. The summed E-state index contributed by atoms with van der Waals surface area (Å²) < 4.78 is 28.2. The van der Waals surface area contributed by atoms with E-state index >= 15 is 0 Å². The summed E-state index contributed by atoms with van der Waals surface area (Å²) in [5, 5.41) is 0. The molecule has 1 aliphatic carbocycles. The maximum absolute atomic E-state index is 12.7. The molecule has 1 aliphatic rings. The zero-order valence-corrected chi connectivity index (χ0v) is 14.8. The van der Waals surface area contributed by atoms with E-state index in [-0.39, 0.29) is 18.4 Å². The molecule has 0 heterocycles. The van der Waals surface area contributed by atoms with Crippen LogP contribution >= 0.6 is 12.4 Å². The first-order chi connectivity index (χ1) is 10.1. The highest BCUT2D eigenvalue weighted by atomic mass is 35.5. The Balaban J connectivity index is 0.00000242. The third-order valence-corrected chi connectivity index (χ3v) is 6.01. The zero-order chi connectivity index (χ0) is 15.3. The lowest BCUT2D eigenvalue weighted by molar-refractivity contribution is 0.294. The van der Waals surface area contributed by atoms with E-state index in [1.165, 1.54) is 19.3 Å². The second-order valence-corrected chi connectivity index (χ2v) is 7.51. The molecule has 126 valence electrons. The minimum Gasteiger partial charge on any atom is -0.329 e. The van der Waals surface area contributed by atoms with Crippen molar-refractivity contribution in [1.29, 1.82) is 0 Å². The van der Waals surface area contributed by atoms with Gasteiger partial charge in [-0.25, -0.2) is 13.1 Å². The van der Waals surface area contributed by atoms with Crippen LogP contribution in [0.5, 0.6) is 0 Å². The Bertz CT molecular complexity index is 557. The second kappa shape index (κ2) is 8.87. The molecule has 1 fully saturated rings. The minimum atomic E-state index is -3.49. The van der Waals surface area contributed by atoms with Gasteiger partial charge in [0.25, 0.3) is 0 Å². The number of nitrogens with two attached hydrogens (primary N) is 1. The van der Waals surface area contributed by atoms with Crippen LogP contribution in [-0.2, 0) is 16.4 Å². The van der Waals surface area contributed by atoms with Crippen molar-refractivity contribution in [2.24, 2.45) is 11.7 Å². The van der Waals surface area contributed by atoms with Crippen molar-refractivity contribution in [2.45, 2.75) is 56.4 Å². The Morgan fingerprint density at radius 3 is 2.45 bits per heavy atom. The largest absolute Gasteiger partial charge is 0.329 e. The molecule has 1 unspecified atom stereocenters. The van der Waals surface area contributed by atoms with Gasteiger partial charge >= 0.3 is 0 Å². The number of halogens is 1. The summed E-state index contributed by atoms with van der Waals surface area (Å²) in [7, 11) is -3.49. The van der Waals surface area contributed by atoms with Crippen LogP contribution in [0.15, 0.2) is 29.2 Å². The van der Waals surface area contributed by atoms with Crippen LogP contribution in [0.2, 0.25) is 0 Å². The van der Waals surface area contributed by atoms with Crippen molar-refractivity contribution in [2.75, 3.05) is 6.54 Å². The molecule has 0 amide bonds. The summed E-state index contributed by atoms with van der Waals surface area (Å²) in [4.78, 5) is 0.391. The molecule has 0 aliphatic heterocycles. The van der Waals surface area contributed by atoms with Crippen LogP contribution in [0.3, 0.4) is 0 Å². The lowest BCUT2D eigenvalue weighted by Crippen LogP contribution is -2.46. The van der Waals surface area contributed by atoms with Crippen molar-refractivity contribution in [3.8, 4) is 0 Å². The van der Waals surface area contributed by atoms with E-state index in [1.54, 1.807) is 12.1 Å². The van der Waals surface area contributed by atoms with Crippen LogP contribution in [-0.4, -0.2) is 21.0 Å². The number of rotatable bonds is 6. The van der Waals surface area contributed by atoms with Crippen molar-refractivity contribution in [3.05, 3.63) is 29.8 Å². The molecule has 22 heavy (non-hydrogen) atoms. The van der Waals surface area contributed by atoms with Crippen LogP contribution in [0.25, 0.3) is 0 Å². The zero-order valence-electron chi connectivity index (χ0n) is 13.1. The summed E-state index contributed by atoms with van der Waals surface area (Å²) >= 11 is 0. The SMILES string of the molecule is CCc1ccccc1S(=O)(=O)NC(CN)C1CCCCC1.Cl. The topological polar surface area (TPSA) is 72.2 Å². The Morgan fingerprint density at radius 2 is 1.86 bits per heavy atom. The fourth-order valence-electron chi connectivity index (χ4n) is 3.19. The van der Waals surface area contributed by atoms with Crippen molar-refractivity contribution >= 4 is 22.4 Å². The normalized spacial score (nSPS) is 17.7. The predicted octanol–water partition coefficient (Wildman–Crippen LogP) is 2.86. The van der Waals surface area contributed by atoms with Crippen LogP contribution < -0.4 is 10.5 Å². The number of nitrogens with one attached hydrogen (secondary N) is 1. The van der Waals surface area contributed by atoms with E-state index in [1.807, 2.05) is 19.1 Å². The molecule has 0 saturated heterocycles. The average Bonchev–Trinajstić information content (AvgIpc) is 2.53. The standard InChI is InChI=1S/C16H26N2O2S.ClH/c1-2-13-8-6-7-11-16(13)21(19,20)18-15(12-17)14-9-4-3-5-10-14;/h6-8,11,14-15,18H,2-5,9-10,12,17H2,1H3;1H. The van der Waals surface area contributed by atoms with Gasteiger partial charge in [-0.3, -0.25) is 0 Å². The van der Waals surface area contributed by atoms with Crippen molar-refractivity contribution in [1.82, 2.24) is 4.72 Å². The number of sulfonamides is 1.